The van der Waals surface area contributed by atoms with Crippen LogP contribution in [-0.4, -0.2) is 20.7 Å². The van der Waals surface area contributed by atoms with Gasteiger partial charge in [0, 0.05) is 17.2 Å². The van der Waals surface area contributed by atoms with Gasteiger partial charge in [-0.15, -0.1) is 10.2 Å². The number of halogens is 2. The fraction of sp³-hybridized carbons (Fsp3) is 0.286. The van der Waals surface area contributed by atoms with Crippen molar-refractivity contribution < 1.29 is 4.79 Å². The highest BCUT2D eigenvalue weighted by atomic mass is 35.5. The highest BCUT2D eigenvalue weighted by molar-refractivity contribution is 7.98. The smallest absolute Gasteiger partial charge is 0.220 e. The second-order valence-electron chi connectivity index (χ2n) is 6.48. The number of unbranched alkanes of at least 4 members (excludes halogenated alkanes) is 1. The third kappa shape index (κ3) is 5.98. The summed E-state index contributed by atoms with van der Waals surface area (Å²) in [6.07, 6.45) is 2.34. The van der Waals surface area contributed by atoms with E-state index in [-0.39, 0.29) is 12.5 Å². The fourth-order valence-corrected chi connectivity index (χ4v) is 4.15. The molecule has 152 valence electrons. The average molecular weight is 449 g/mol. The van der Waals surface area contributed by atoms with Gasteiger partial charge in [0.05, 0.1) is 17.3 Å². The molecule has 3 aromatic rings. The highest BCUT2D eigenvalue weighted by Gasteiger charge is 2.17. The molecule has 1 aromatic heterocycles. The maximum Gasteiger partial charge on any atom is 0.220 e. The van der Waals surface area contributed by atoms with Gasteiger partial charge in [0.25, 0.3) is 0 Å². The average Bonchev–Trinajstić information content (AvgIpc) is 3.12. The fourth-order valence-electron chi connectivity index (χ4n) is 2.74. The molecule has 0 aliphatic heterocycles. The van der Waals surface area contributed by atoms with Gasteiger partial charge in [-0.1, -0.05) is 78.6 Å². The van der Waals surface area contributed by atoms with Crippen LogP contribution in [0.25, 0.3) is 5.69 Å². The molecule has 0 spiro atoms. The van der Waals surface area contributed by atoms with Crippen molar-refractivity contribution in [2.24, 2.45) is 0 Å². The van der Waals surface area contributed by atoms with Crippen LogP contribution in [0.5, 0.6) is 0 Å². The lowest BCUT2D eigenvalue weighted by Gasteiger charge is -2.13. The van der Waals surface area contributed by atoms with Gasteiger partial charge >= 0.3 is 0 Å². The van der Waals surface area contributed by atoms with E-state index in [1.54, 1.807) is 23.9 Å². The van der Waals surface area contributed by atoms with Crippen molar-refractivity contribution in [1.82, 2.24) is 20.1 Å². The van der Waals surface area contributed by atoms with Crippen LogP contribution in [-0.2, 0) is 17.1 Å². The third-order valence-electron chi connectivity index (χ3n) is 4.26. The quantitative estimate of drug-likeness (QED) is 0.428. The normalized spacial score (nSPS) is 10.9. The first-order valence-electron chi connectivity index (χ1n) is 9.41. The molecular weight excluding hydrogens is 427 g/mol. The Hall–Kier alpha value is -2.02. The third-order valence-corrected chi connectivity index (χ3v) is 5.80. The molecule has 5 nitrogen and oxygen atoms in total. The predicted molar refractivity (Wildman–Crippen MR) is 119 cm³/mol. The Balaban J connectivity index is 1.85. The zero-order chi connectivity index (χ0) is 20.6. The first-order valence-corrected chi connectivity index (χ1v) is 11.2. The van der Waals surface area contributed by atoms with Crippen LogP contribution in [0.15, 0.2) is 53.7 Å². The van der Waals surface area contributed by atoms with Crippen LogP contribution in [0.3, 0.4) is 0 Å². The molecule has 0 saturated heterocycles. The van der Waals surface area contributed by atoms with E-state index in [0.717, 1.165) is 24.3 Å². The molecule has 8 heteroatoms. The monoisotopic (exact) mass is 448 g/mol. The lowest BCUT2D eigenvalue weighted by molar-refractivity contribution is -0.121. The zero-order valence-electron chi connectivity index (χ0n) is 16.1. The van der Waals surface area contributed by atoms with Gasteiger partial charge in [0.1, 0.15) is 0 Å². The first-order chi connectivity index (χ1) is 14.1. The minimum Gasteiger partial charge on any atom is -0.349 e. The maximum absolute atomic E-state index is 12.0. The second kappa shape index (κ2) is 10.7. The van der Waals surface area contributed by atoms with E-state index in [0.29, 0.717) is 27.4 Å². The largest absolute Gasteiger partial charge is 0.349 e. The number of carbonyl (C=O) groups is 1. The Morgan fingerprint density at radius 3 is 2.66 bits per heavy atom. The van der Waals surface area contributed by atoms with E-state index in [2.05, 4.69) is 34.6 Å². The summed E-state index contributed by atoms with van der Waals surface area (Å²) < 4.78 is 1.88. The summed E-state index contributed by atoms with van der Waals surface area (Å²) in [6.45, 7) is 2.34. The molecule has 1 amide bonds. The molecule has 0 unspecified atom stereocenters. The Kier molecular flexibility index (Phi) is 7.98. The number of hydrogen-bond donors (Lipinski definition) is 1. The molecular formula is C21H22Cl2N4OS. The van der Waals surface area contributed by atoms with Crippen molar-refractivity contribution >= 4 is 40.9 Å². The Labute approximate surface area is 184 Å². The standard InChI is InChI=1S/C21H22Cl2N4OS/c1-2-3-9-20(28)24-13-19-25-26-21(29-14-15-7-5-4-6-8-15)27(19)18-11-10-16(22)12-17(18)23/h4-8,10-12H,2-3,9,13-14H2,1H3,(H,24,28). The maximum atomic E-state index is 12.0. The van der Waals surface area contributed by atoms with E-state index < -0.39 is 0 Å². The van der Waals surface area contributed by atoms with Gasteiger partial charge < -0.3 is 5.32 Å². The van der Waals surface area contributed by atoms with E-state index >= 15 is 0 Å². The van der Waals surface area contributed by atoms with Crippen molar-refractivity contribution in [2.75, 3.05) is 0 Å². The lowest BCUT2D eigenvalue weighted by Crippen LogP contribution is -2.24. The van der Waals surface area contributed by atoms with Gasteiger partial charge in [0.15, 0.2) is 11.0 Å². The molecule has 0 atom stereocenters. The van der Waals surface area contributed by atoms with Gasteiger partial charge in [-0.25, -0.2) is 0 Å². The summed E-state index contributed by atoms with van der Waals surface area (Å²) in [4.78, 5) is 12.0. The van der Waals surface area contributed by atoms with E-state index in [1.165, 1.54) is 5.56 Å². The molecule has 0 aliphatic rings. The van der Waals surface area contributed by atoms with E-state index in [9.17, 15) is 4.79 Å². The molecule has 0 saturated carbocycles. The number of nitrogens with one attached hydrogen (secondary N) is 1. The molecule has 1 heterocycles. The summed E-state index contributed by atoms with van der Waals surface area (Å²) in [7, 11) is 0. The van der Waals surface area contributed by atoms with Gasteiger partial charge in [0.2, 0.25) is 5.91 Å². The molecule has 1 N–H and O–H groups in total. The highest BCUT2D eigenvalue weighted by Crippen LogP contribution is 2.30. The SMILES string of the molecule is CCCCC(=O)NCc1nnc(SCc2ccccc2)n1-c1ccc(Cl)cc1Cl. The Morgan fingerprint density at radius 2 is 1.93 bits per heavy atom. The topological polar surface area (TPSA) is 59.8 Å². The Bertz CT molecular complexity index is 963. The number of benzene rings is 2. The predicted octanol–water partition coefficient (Wildman–Crippen LogP) is 5.67. The van der Waals surface area contributed by atoms with Gasteiger partial charge in [-0.05, 0) is 30.2 Å². The summed E-state index contributed by atoms with van der Waals surface area (Å²) >= 11 is 14.1. The van der Waals surface area contributed by atoms with Crippen molar-refractivity contribution in [3.63, 3.8) is 0 Å². The van der Waals surface area contributed by atoms with Crippen LogP contribution < -0.4 is 5.32 Å². The van der Waals surface area contributed by atoms with Crippen LogP contribution in [0.1, 0.15) is 37.6 Å². The van der Waals surface area contributed by atoms with Crippen LogP contribution in [0.2, 0.25) is 10.0 Å². The molecule has 0 radical (unpaired) electrons. The molecule has 0 bridgehead atoms. The number of rotatable bonds is 9. The van der Waals surface area contributed by atoms with Crippen molar-refractivity contribution in [1.29, 1.82) is 0 Å². The van der Waals surface area contributed by atoms with Crippen LogP contribution >= 0.6 is 35.0 Å². The van der Waals surface area contributed by atoms with E-state index in [4.69, 9.17) is 23.2 Å². The Morgan fingerprint density at radius 1 is 1.14 bits per heavy atom. The number of carbonyl (C=O) groups excluding carboxylic acids is 1. The van der Waals surface area contributed by atoms with Gasteiger partial charge in [-0.2, -0.15) is 0 Å². The molecule has 29 heavy (non-hydrogen) atoms. The number of aromatic nitrogens is 3. The molecule has 0 aliphatic carbocycles. The van der Waals surface area contributed by atoms with Gasteiger partial charge in [-0.3, -0.25) is 9.36 Å². The number of thioether (sulfide) groups is 1. The van der Waals surface area contributed by atoms with Crippen molar-refractivity contribution in [2.45, 2.75) is 43.6 Å². The summed E-state index contributed by atoms with van der Waals surface area (Å²) in [5.41, 5.74) is 1.91. The number of hydrogen-bond acceptors (Lipinski definition) is 4. The summed E-state index contributed by atoms with van der Waals surface area (Å²) in [6, 6.07) is 15.4. The van der Waals surface area contributed by atoms with Crippen molar-refractivity contribution in [3.05, 3.63) is 70.0 Å². The molecule has 3 rings (SSSR count). The van der Waals surface area contributed by atoms with Crippen LogP contribution in [0.4, 0.5) is 0 Å². The van der Waals surface area contributed by atoms with Crippen molar-refractivity contribution in [3.8, 4) is 5.69 Å². The summed E-state index contributed by atoms with van der Waals surface area (Å²) in [5, 5.41) is 13.3. The number of amides is 1. The van der Waals surface area contributed by atoms with E-state index in [1.807, 2.05) is 28.8 Å². The molecule has 2 aromatic carbocycles. The minimum atomic E-state index is 0.00194. The second-order valence-corrected chi connectivity index (χ2v) is 8.27. The lowest BCUT2D eigenvalue weighted by atomic mass is 10.2. The molecule has 0 fully saturated rings. The summed E-state index contributed by atoms with van der Waals surface area (Å²) in [5.74, 6) is 1.37. The zero-order valence-corrected chi connectivity index (χ0v) is 18.4. The number of nitrogens with zero attached hydrogens (tertiary/aromatic N) is 3. The minimum absolute atomic E-state index is 0.00194. The first kappa shape index (κ1) is 21.7. The van der Waals surface area contributed by atoms with Crippen LogP contribution in [0, 0.1) is 0 Å².